The van der Waals surface area contributed by atoms with Gasteiger partial charge in [-0.3, -0.25) is 14.6 Å². The van der Waals surface area contributed by atoms with Crippen molar-refractivity contribution in [3.63, 3.8) is 0 Å². The second kappa shape index (κ2) is 10.3. The van der Waals surface area contributed by atoms with Crippen molar-refractivity contribution in [1.82, 2.24) is 20.6 Å². The zero-order chi connectivity index (χ0) is 29.8. The van der Waals surface area contributed by atoms with E-state index < -0.39 is 40.8 Å². The first-order valence-electron chi connectivity index (χ1n) is 13.6. The molecule has 2 aromatic heterocycles. The second-order valence-electron chi connectivity index (χ2n) is 11.3. The number of fused-ring (bicyclic) bond motifs is 1. The summed E-state index contributed by atoms with van der Waals surface area (Å²) >= 11 is 0. The number of amides is 2. The molecule has 2 atom stereocenters. The van der Waals surface area contributed by atoms with E-state index in [1.165, 1.54) is 25.3 Å². The van der Waals surface area contributed by atoms with E-state index in [1.54, 1.807) is 13.0 Å². The van der Waals surface area contributed by atoms with E-state index in [4.69, 9.17) is 20.5 Å². The molecule has 0 radical (unpaired) electrons. The van der Waals surface area contributed by atoms with E-state index in [9.17, 15) is 14.0 Å². The van der Waals surface area contributed by atoms with E-state index in [1.807, 2.05) is 0 Å². The van der Waals surface area contributed by atoms with Gasteiger partial charge < -0.3 is 26.5 Å². The van der Waals surface area contributed by atoms with Gasteiger partial charge in [0.05, 0.1) is 18.5 Å². The van der Waals surface area contributed by atoms with Gasteiger partial charge in [0.15, 0.2) is 11.5 Å². The molecule has 6 rings (SSSR count). The van der Waals surface area contributed by atoms with Gasteiger partial charge in [0, 0.05) is 51.9 Å². The second-order valence-corrected chi connectivity index (χ2v) is 11.3. The van der Waals surface area contributed by atoms with Gasteiger partial charge in [-0.05, 0) is 50.8 Å². The van der Waals surface area contributed by atoms with Crippen LogP contribution in [-0.2, 0) is 4.79 Å². The van der Waals surface area contributed by atoms with Crippen LogP contribution >= 0.6 is 0 Å². The first kappa shape index (κ1) is 27.5. The van der Waals surface area contributed by atoms with Crippen LogP contribution in [-0.4, -0.2) is 45.5 Å². The Morgan fingerprint density at radius 3 is 2.55 bits per heavy atom. The largest absolute Gasteiger partial charge is 0.493 e. The minimum Gasteiger partial charge on any atom is -0.493 e. The summed E-state index contributed by atoms with van der Waals surface area (Å²) < 4.78 is 40.0. The highest BCUT2D eigenvalue weighted by Crippen LogP contribution is 2.61. The lowest BCUT2D eigenvalue weighted by molar-refractivity contribution is -0.119. The fourth-order valence-corrected chi connectivity index (χ4v) is 5.74. The van der Waals surface area contributed by atoms with Crippen LogP contribution in [0.15, 0.2) is 40.8 Å². The molecule has 1 aliphatic heterocycles. The average molecular weight is 578 g/mol. The third kappa shape index (κ3) is 4.99. The standard InChI is InChI=1S/C29H29F2N7O4/c1-13(32)21(14(2)33)24-19(31)10-17(11-34-24)35-27(39)25(36-28(40)26-23(15-3-4-15)37-42-38-26)22-18-6-5-16(30)9-20(18)41-12-29(22)7-8-29/h5-6,9-11,15,22,25,32H,3-4,7-8,12,33H2,1-2H3,(H,35,39)(H,36,40)/b21-14+,32-13?/t22?,25-/m0/s1. The van der Waals surface area contributed by atoms with Gasteiger partial charge in [0.1, 0.15) is 29.0 Å². The molecule has 13 heteroatoms. The SMILES string of the molecule is CC(=N)/C(=C(/C)N)c1ncc(NC(=O)[C@@H](NC(=O)c2nonc2C2CC2)C2c3ccc(F)cc3OCC23CC3)cc1F. The number of carbonyl (C=O) groups is 2. The Morgan fingerprint density at radius 1 is 1.14 bits per heavy atom. The molecule has 5 N–H and O–H groups in total. The van der Waals surface area contributed by atoms with Crippen molar-refractivity contribution in [2.24, 2.45) is 11.1 Å². The van der Waals surface area contributed by atoms with Crippen LogP contribution in [0.1, 0.15) is 78.8 Å². The third-order valence-corrected chi connectivity index (χ3v) is 8.09. The number of carbonyl (C=O) groups excluding carboxylic acids is 2. The summed E-state index contributed by atoms with van der Waals surface area (Å²) in [6.45, 7) is 3.26. The Morgan fingerprint density at radius 2 is 1.90 bits per heavy atom. The number of allylic oxidation sites excluding steroid dienone is 2. The molecule has 2 amide bonds. The number of halogens is 2. The van der Waals surface area contributed by atoms with Crippen LogP contribution in [0.4, 0.5) is 14.5 Å². The topological polar surface area (TPSA) is 169 Å². The molecule has 3 aromatic rings. The first-order valence-corrected chi connectivity index (χ1v) is 13.6. The number of hydrogen-bond donors (Lipinski definition) is 4. The monoisotopic (exact) mass is 577 g/mol. The van der Waals surface area contributed by atoms with Gasteiger partial charge in [-0.1, -0.05) is 11.2 Å². The van der Waals surface area contributed by atoms with Gasteiger partial charge in [0.2, 0.25) is 5.91 Å². The number of nitrogens with zero attached hydrogens (tertiary/aromatic N) is 3. The molecular formula is C29H29F2N7O4. The Kier molecular flexibility index (Phi) is 6.74. The predicted molar refractivity (Wildman–Crippen MR) is 147 cm³/mol. The predicted octanol–water partition coefficient (Wildman–Crippen LogP) is 4.04. The number of pyridine rings is 1. The number of aromatic nitrogens is 3. The zero-order valence-electron chi connectivity index (χ0n) is 23.0. The molecule has 3 aliphatic rings. The Bertz CT molecular complexity index is 1640. The lowest BCUT2D eigenvalue weighted by atomic mass is 9.75. The molecule has 2 fully saturated rings. The van der Waals surface area contributed by atoms with Crippen LogP contribution in [0.3, 0.4) is 0 Å². The van der Waals surface area contributed by atoms with E-state index >= 15 is 4.39 Å². The van der Waals surface area contributed by atoms with Crippen molar-refractivity contribution in [3.8, 4) is 5.75 Å². The molecule has 3 heterocycles. The molecule has 42 heavy (non-hydrogen) atoms. The van der Waals surface area contributed by atoms with Crippen molar-refractivity contribution in [3.05, 3.63) is 70.4 Å². The Labute approximate surface area is 239 Å². The lowest BCUT2D eigenvalue weighted by Gasteiger charge is -2.38. The van der Waals surface area contributed by atoms with Crippen molar-refractivity contribution in [1.29, 1.82) is 5.41 Å². The summed E-state index contributed by atoms with van der Waals surface area (Å²) in [4.78, 5) is 31.6. The van der Waals surface area contributed by atoms with E-state index in [0.29, 0.717) is 17.0 Å². The summed E-state index contributed by atoms with van der Waals surface area (Å²) in [5, 5.41) is 21.1. The molecule has 1 spiro atoms. The number of anilines is 1. The summed E-state index contributed by atoms with van der Waals surface area (Å²) in [5.74, 6) is -2.77. The van der Waals surface area contributed by atoms with E-state index in [2.05, 4.69) is 25.9 Å². The number of rotatable bonds is 8. The maximum absolute atomic E-state index is 15.2. The fourth-order valence-electron chi connectivity index (χ4n) is 5.74. The maximum Gasteiger partial charge on any atom is 0.276 e. The number of nitrogens with one attached hydrogen (secondary N) is 3. The highest BCUT2D eigenvalue weighted by Gasteiger charge is 2.58. The molecule has 0 bridgehead atoms. The molecule has 0 saturated heterocycles. The van der Waals surface area contributed by atoms with E-state index in [0.717, 1.165) is 31.7 Å². The minimum absolute atomic E-state index is 0.00193. The zero-order valence-corrected chi connectivity index (χ0v) is 23.0. The highest BCUT2D eigenvalue weighted by atomic mass is 19.1. The quantitative estimate of drug-likeness (QED) is 0.291. The summed E-state index contributed by atoms with van der Waals surface area (Å²) in [6.07, 6.45) is 4.43. The van der Waals surface area contributed by atoms with Crippen LogP contribution in [0.25, 0.3) is 5.57 Å². The van der Waals surface area contributed by atoms with Gasteiger partial charge in [0.25, 0.3) is 5.91 Å². The fraction of sp³-hybridized carbons (Fsp3) is 0.379. The number of nitrogens with two attached hydrogens (primary N) is 1. The highest BCUT2D eigenvalue weighted by molar-refractivity contribution is 6.21. The third-order valence-electron chi connectivity index (χ3n) is 8.09. The van der Waals surface area contributed by atoms with Crippen molar-refractivity contribution < 1.29 is 27.7 Å². The minimum atomic E-state index is -1.18. The van der Waals surface area contributed by atoms with Crippen molar-refractivity contribution in [2.75, 3.05) is 11.9 Å². The molecular weight excluding hydrogens is 548 g/mol. The number of benzene rings is 1. The molecule has 1 unspecified atom stereocenters. The average Bonchev–Trinajstić information content (AvgIpc) is 3.87. The van der Waals surface area contributed by atoms with Crippen LogP contribution in [0.2, 0.25) is 0 Å². The molecule has 2 saturated carbocycles. The number of hydrogen-bond acceptors (Lipinski definition) is 9. The summed E-state index contributed by atoms with van der Waals surface area (Å²) in [5.41, 5.74) is 6.75. The van der Waals surface area contributed by atoms with Gasteiger partial charge >= 0.3 is 0 Å². The van der Waals surface area contributed by atoms with Gasteiger partial charge in [-0.15, -0.1) is 0 Å². The van der Waals surface area contributed by atoms with Crippen LogP contribution in [0, 0.1) is 22.5 Å². The molecule has 1 aromatic carbocycles. The number of ether oxygens (including phenoxy) is 1. The summed E-state index contributed by atoms with van der Waals surface area (Å²) in [6, 6.07) is 4.01. The smallest absolute Gasteiger partial charge is 0.276 e. The Hall–Kier alpha value is -4.68. The van der Waals surface area contributed by atoms with Crippen molar-refractivity contribution >= 4 is 28.8 Å². The van der Waals surface area contributed by atoms with Crippen LogP contribution in [0.5, 0.6) is 5.75 Å². The molecule has 11 nitrogen and oxygen atoms in total. The maximum atomic E-state index is 15.2. The van der Waals surface area contributed by atoms with E-state index in [-0.39, 0.29) is 46.6 Å². The van der Waals surface area contributed by atoms with Gasteiger partial charge in [-0.2, -0.15) is 0 Å². The van der Waals surface area contributed by atoms with Crippen molar-refractivity contribution in [2.45, 2.75) is 57.4 Å². The summed E-state index contributed by atoms with van der Waals surface area (Å²) in [7, 11) is 0. The Balaban J connectivity index is 1.35. The molecule has 218 valence electrons. The van der Waals surface area contributed by atoms with Crippen LogP contribution < -0.4 is 21.1 Å². The normalized spacial score (nSPS) is 19.7. The molecule has 2 aliphatic carbocycles. The van der Waals surface area contributed by atoms with Gasteiger partial charge in [-0.25, -0.2) is 13.4 Å². The lowest BCUT2D eigenvalue weighted by Crippen LogP contribution is -2.52. The first-order chi connectivity index (χ1) is 20.1.